The van der Waals surface area contributed by atoms with Gasteiger partial charge in [-0.3, -0.25) is 19.6 Å². The predicted molar refractivity (Wildman–Crippen MR) is 174 cm³/mol. The summed E-state index contributed by atoms with van der Waals surface area (Å²) in [4.78, 5) is 60.7. The minimum Gasteiger partial charge on any atom is -0.482 e. The van der Waals surface area contributed by atoms with E-state index in [-0.39, 0.29) is 54.5 Å². The molecule has 6 rings (SSSR count). The molecular weight excluding hydrogens is 632 g/mol. The zero-order valence-corrected chi connectivity index (χ0v) is 28.3. The molecule has 12 nitrogen and oxygen atoms in total. The molecule has 3 aliphatic rings. The highest BCUT2D eigenvalue weighted by Crippen LogP contribution is 2.67. The van der Waals surface area contributed by atoms with Gasteiger partial charge in [-0.2, -0.15) is 0 Å². The molecule has 0 spiro atoms. The first kappa shape index (κ1) is 34.3. The molecule has 3 aromatic rings. The number of carbonyl (C=O) groups excluding carboxylic acids is 3. The van der Waals surface area contributed by atoms with Gasteiger partial charge in [-0.1, -0.05) is 27.7 Å². The molecule has 2 fully saturated rings. The van der Waals surface area contributed by atoms with Gasteiger partial charge in [0.1, 0.15) is 41.5 Å². The van der Waals surface area contributed by atoms with E-state index in [9.17, 15) is 24.3 Å². The SMILES string of the molecule is CCC(=O)OCC1(C)[C@@H](OC(=O)CC)CC[C@]2(C)[C@H]3[C@@H](O)c4c(cc(-c5cccnc5)oc4=O)O[C@]3(C)[C@@H](OC(=O)c3ccncc3)C[C@@H]12. The summed E-state index contributed by atoms with van der Waals surface area (Å²) in [5.74, 6) is -2.33. The Labute approximate surface area is 284 Å². The summed E-state index contributed by atoms with van der Waals surface area (Å²) in [6.45, 7) is 9.06. The minimum absolute atomic E-state index is 0.0325. The fourth-order valence-electron chi connectivity index (χ4n) is 8.65. The highest BCUT2D eigenvalue weighted by atomic mass is 16.6. The maximum Gasteiger partial charge on any atom is 0.345 e. The Hall–Kier alpha value is -4.58. The van der Waals surface area contributed by atoms with Crippen molar-refractivity contribution in [1.29, 1.82) is 0 Å². The summed E-state index contributed by atoms with van der Waals surface area (Å²) in [6.07, 6.45) is 4.56. The minimum atomic E-state index is -1.39. The van der Waals surface area contributed by atoms with E-state index in [2.05, 4.69) is 9.97 Å². The van der Waals surface area contributed by atoms with Crippen LogP contribution in [0.1, 0.15) is 88.7 Å². The van der Waals surface area contributed by atoms with Crippen molar-refractivity contribution < 1.29 is 42.9 Å². The van der Waals surface area contributed by atoms with Crippen LogP contribution >= 0.6 is 0 Å². The lowest BCUT2D eigenvalue weighted by Crippen LogP contribution is -2.71. The van der Waals surface area contributed by atoms with Crippen molar-refractivity contribution in [2.75, 3.05) is 6.61 Å². The number of aliphatic hydroxyl groups is 1. The van der Waals surface area contributed by atoms with Crippen molar-refractivity contribution in [2.24, 2.45) is 22.7 Å². The molecule has 0 bridgehead atoms. The Morgan fingerprint density at radius 1 is 0.980 bits per heavy atom. The van der Waals surface area contributed by atoms with Gasteiger partial charge in [-0.05, 0) is 61.8 Å². The summed E-state index contributed by atoms with van der Waals surface area (Å²) < 4.78 is 30.6. The molecule has 260 valence electrons. The van der Waals surface area contributed by atoms with Crippen molar-refractivity contribution in [3.63, 3.8) is 0 Å². The normalized spacial score (nSPS) is 31.6. The molecule has 49 heavy (non-hydrogen) atoms. The molecule has 0 amide bonds. The van der Waals surface area contributed by atoms with E-state index < -0.39 is 64.1 Å². The van der Waals surface area contributed by atoms with Gasteiger partial charge in [0.2, 0.25) is 0 Å². The second kappa shape index (κ2) is 13.0. The Bertz CT molecular complexity index is 1780. The van der Waals surface area contributed by atoms with Crippen LogP contribution in [0.3, 0.4) is 0 Å². The van der Waals surface area contributed by atoms with E-state index in [4.69, 9.17) is 23.4 Å². The number of nitrogens with zero attached hydrogens (tertiary/aromatic N) is 2. The smallest absolute Gasteiger partial charge is 0.345 e. The van der Waals surface area contributed by atoms with E-state index in [1.54, 1.807) is 63.5 Å². The van der Waals surface area contributed by atoms with Crippen molar-refractivity contribution in [3.8, 4) is 17.1 Å². The lowest BCUT2D eigenvalue weighted by Gasteiger charge is -2.66. The fraction of sp³-hybridized carbons (Fsp3) is 0.514. The fourth-order valence-corrected chi connectivity index (χ4v) is 8.65. The Balaban J connectivity index is 1.50. The topological polar surface area (TPSA) is 164 Å². The molecule has 1 unspecified atom stereocenters. The summed E-state index contributed by atoms with van der Waals surface area (Å²) in [7, 11) is 0. The van der Waals surface area contributed by atoms with Crippen molar-refractivity contribution in [3.05, 3.63) is 76.7 Å². The molecule has 1 N–H and O–H groups in total. The van der Waals surface area contributed by atoms with E-state index in [0.717, 1.165) is 0 Å². The summed E-state index contributed by atoms with van der Waals surface area (Å²) in [5, 5.41) is 12.3. The number of carbonyl (C=O) groups is 3. The molecule has 1 aliphatic heterocycles. The van der Waals surface area contributed by atoms with Crippen LogP contribution in [0.5, 0.6) is 5.75 Å². The van der Waals surface area contributed by atoms with Gasteiger partial charge >= 0.3 is 23.5 Å². The third kappa shape index (κ3) is 5.89. The van der Waals surface area contributed by atoms with Crippen molar-refractivity contribution in [2.45, 2.75) is 90.6 Å². The number of aliphatic hydroxyl groups excluding tert-OH is 1. The van der Waals surface area contributed by atoms with Crippen LogP contribution in [-0.2, 0) is 23.8 Å². The van der Waals surface area contributed by atoms with E-state index >= 15 is 0 Å². The van der Waals surface area contributed by atoms with E-state index in [1.807, 2.05) is 13.8 Å². The predicted octanol–water partition coefficient (Wildman–Crippen LogP) is 5.22. The van der Waals surface area contributed by atoms with Crippen LogP contribution in [0.25, 0.3) is 11.3 Å². The number of esters is 3. The number of fused-ring (bicyclic) bond motifs is 4. The summed E-state index contributed by atoms with van der Waals surface area (Å²) in [5.41, 5.74) is -3.06. The number of pyridine rings is 2. The second-order valence-electron chi connectivity index (χ2n) is 13.9. The van der Waals surface area contributed by atoms with Crippen LogP contribution in [0.15, 0.2) is 64.3 Å². The van der Waals surface area contributed by atoms with E-state index in [1.165, 1.54) is 12.4 Å². The largest absolute Gasteiger partial charge is 0.482 e. The lowest BCUT2D eigenvalue weighted by atomic mass is 9.42. The van der Waals surface area contributed by atoms with Gasteiger partial charge < -0.3 is 28.5 Å². The first-order valence-electron chi connectivity index (χ1n) is 16.8. The first-order valence-corrected chi connectivity index (χ1v) is 16.8. The van der Waals surface area contributed by atoms with Gasteiger partial charge in [-0.25, -0.2) is 9.59 Å². The Kier molecular flexibility index (Phi) is 9.12. The maximum absolute atomic E-state index is 13.7. The van der Waals surface area contributed by atoms with Crippen LogP contribution in [0.4, 0.5) is 0 Å². The van der Waals surface area contributed by atoms with Crippen LogP contribution in [-0.4, -0.2) is 57.4 Å². The molecule has 0 aromatic carbocycles. The highest BCUT2D eigenvalue weighted by Gasteiger charge is 2.71. The van der Waals surface area contributed by atoms with Gasteiger partial charge in [0.15, 0.2) is 0 Å². The average molecular weight is 675 g/mol. The monoisotopic (exact) mass is 674 g/mol. The lowest BCUT2D eigenvalue weighted by molar-refractivity contribution is -0.267. The second-order valence-corrected chi connectivity index (χ2v) is 13.9. The number of ether oxygens (including phenoxy) is 4. The van der Waals surface area contributed by atoms with Crippen molar-refractivity contribution >= 4 is 17.9 Å². The Morgan fingerprint density at radius 3 is 2.39 bits per heavy atom. The third-order valence-corrected chi connectivity index (χ3v) is 11.1. The van der Waals surface area contributed by atoms with Crippen LogP contribution in [0.2, 0.25) is 0 Å². The Morgan fingerprint density at radius 2 is 1.71 bits per heavy atom. The van der Waals surface area contributed by atoms with Crippen LogP contribution < -0.4 is 10.4 Å². The third-order valence-electron chi connectivity index (χ3n) is 11.1. The number of hydrogen-bond donors (Lipinski definition) is 1. The number of hydrogen-bond acceptors (Lipinski definition) is 12. The molecule has 12 heteroatoms. The quantitative estimate of drug-likeness (QED) is 0.245. The van der Waals surface area contributed by atoms with E-state index in [0.29, 0.717) is 18.4 Å². The average Bonchev–Trinajstić information content (AvgIpc) is 3.09. The molecule has 2 aliphatic carbocycles. The zero-order chi connectivity index (χ0) is 35.1. The van der Waals surface area contributed by atoms with Gasteiger partial charge in [-0.15, -0.1) is 0 Å². The molecule has 0 saturated heterocycles. The standard InChI is InChI=1S/C37H42N2O10/c1-6-28(40)45-20-36(4)25-18-27(48-33(43)21-11-15-38-16-12-21)37(5)32(35(25,3)13-10-26(36)47-29(41)7-2)31(42)30-24(49-37)17-23(46-34(30)44)22-9-8-14-39-19-22/h8-9,11-12,14-17,19,25-27,31-32,42H,6-7,10,13,18,20H2,1-5H3/t25-,26+,27+,31+,32-,35+,36?,37-/m1/s1. The zero-order valence-electron chi connectivity index (χ0n) is 28.3. The highest BCUT2D eigenvalue weighted by molar-refractivity contribution is 5.89. The van der Waals surface area contributed by atoms with Gasteiger partial charge in [0.25, 0.3) is 0 Å². The van der Waals surface area contributed by atoms with Gasteiger partial charge in [0, 0.05) is 60.6 Å². The number of aromatic nitrogens is 2. The number of rotatable bonds is 8. The van der Waals surface area contributed by atoms with Crippen LogP contribution in [0, 0.1) is 22.7 Å². The summed E-state index contributed by atoms with van der Waals surface area (Å²) >= 11 is 0. The first-order chi connectivity index (χ1) is 23.4. The molecule has 0 radical (unpaired) electrons. The molecule has 2 saturated carbocycles. The summed E-state index contributed by atoms with van der Waals surface area (Å²) in [6, 6.07) is 8.09. The van der Waals surface area contributed by atoms with Crippen molar-refractivity contribution in [1.82, 2.24) is 9.97 Å². The molecule has 3 aromatic heterocycles. The maximum atomic E-state index is 13.7. The molecule has 8 atom stereocenters. The van der Waals surface area contributed by atoms with Gasteiger partial charge in [0.05, 0.1) is 11.7 Å². The molecular formula is C37H42N2O10. The molecule has 4 heterocycles.